The number of hydrogen-bond acceptors (Lipinski definition) is 2. The maximum Gasteiger partial charge on any atom is 0.245 e. The number of nitrogens with zero attached hydrogens (tertiary/aromatic N) is 1. The maximum atomic E-state index is 12.1. The zero-order valence-corrected chi connectivity index (χ0v) is 16.9. The summed E-state index contributed by atoms with van der Waals surface area (Å²) in [5.41, 5.74) is 5.62. The highest BCUT2D eigenvalue weighted by atomic mass is 16.2. The molecule has 1 amide bonds. The summed E-state index contributed by atoms with van der Waals surface area (Å²) in [7, 11) is 0. The monoisotopic (exact) mass is 375 g/mol. The summed E-state index contributed by atoms with van der Waals surface area (Å²) >= 11 is 0. The number of aryl methyl sites for hydroxylation is 1. The molecular weight excluding hydrogens is 346 g/mol. The first kappa shape index (κ1) is 20.1. The molecule has 0 saturated carbocycles. The van der Waals surface area contributed by atoms with Gasteiger partial charge in [-0.25, -0.2) is 0 Å². The van der Waals surface area contributed by atoms with Crippen molar-refractivity contribution < 1.29 is 9.59 Å². The molecule has 0 aliphatic carbocycles. The highest BCUT2D eigenvalue weighted by Crippen LogP contribution is 2.29. The molecule has 1 aliphatic heterocycles. The highest BCUT2D eigenvalue weighted by Gasteiger charge is 2.22. The van der Waals surface area contributed by atoms with E-state index in [1.165, 1.54) is 22.8 Å². The quantitative estimate of drug-likeness (QED) is 0.521. The van der Waals surface area contributed by atoms with Gasteiger partial charge < -0.3 is 4.90 Å². The molecule has 2 aromatic carbocycles. The Bertz CT molecular complexity index is 876. The molecule has 0 spiro atoms. The predicted octanol–water partition coefficient (Wildman–Crippen LogP) is 5.09. The molecule has 0 atom stereocenters. The minimum atomic E-state index is 0.0236. The SMILES string of the molecule is C=CC(=O)N1CCC(Cc2cc(C(C)=O)cc(-c3ccccc3CC)c2)CC1. The van der Waals surface area contributed by atoms with Crippen molar-refractivity contribution in [3.8, 4) is 11.1 Å². The molecule has 1 aliphatic rings. The van der Waals surface area contributed by atoms with Gasteiger partial charge in [-0.2, -0.15) is 0 Å². The molecule has 146 valence electrons. The molecule has 1 saturated heterocycles. The molecule has 1 fully saturated rings. The van der Waals surface area contributed by atoms with Crippen LogP contribution in [-0.2, 0) is 17.6 Å². The smallest absolute Gasteiger partial charge is 0.245 e. The third kappa shape index (κ3) is 4.59. The Morgan fingerprint density at radius 3 is 2.50 bits per heavy atom. The van der Waals surface area contributed by atoms with Crippen LogP contribution < -0.4 is 0 Å². The largest absolute Gasteiger partial charge is 0.339 e. The van der Waals surface area contributed by atoms with Crippen LogP contribution in [0.5, 0.6) is 0 Å². The van der Waals surface area contributed by atoms with Gasteiger partial charge in [0.25, 0.3) is 0 Å². The van der Waals surface area contributed by atoms with E-state index in [0.717, 1.165) is 49.9 Å². The average Bonchev–Trinajstić information content (AvgIpc) is 2.73. The molecule has 3 rings (SSSR count). The van der Waals surface area contributed by atoms with Crippen molar-refractivity contribution in [1.82, 2.24) is 4.90 Å². The Morgan fingerprint density at radius 2 is 1.86 bits per heavy atom. The third-order valence-electron chi connectivity index (χ3n) is 5.73. The fourth-order valence-electron chi connectivity index (χ4n) is 4.10. The van der Waals surface area contributed by atoms with E-state index in [0.29, 0.717) is 5.92 Å². The lowest BCUT2D eigenvalue weighted by Crippen LogP contribution is -2.37. The lowest BCUT2D eigenvalue weighted by Gasteiger charge is -2.31. The Balaban J connectivity index is 1.84. The number of carbonyl (C=O) groups excluding carboxylic acids is 2. The molecule has 0 unspecified atom stereocenters. The Hall–Kier alpha value is -2.68. The van der Waals surface area contributed by atoms with Gasteiger partial charge >= 0.3 is 0 Å². The third-order valence-corrected chi connectivity index (χ3v) is 5.73. The standard InChI is InChI=1S/C25H29NO2/c1-4-21-8-6-7-9-24(21)23-16-20(15-22(17-23)18(3)27)14-19-10-12-26(13-11-19)25(28)5-2/h5-9,15-17,19H,2,4,10-14H2,1,3H3. The number of ketones is 1. The average molecular weight is 376 g/mol. The van der Waals surface area contributed by atoms with Crippen LogP contribution >= 0.6 is 0 Å². The van der Waals surface area contributed by atoms with Gasteiger partial charge in [-0.15, -0.1) is 0 Å². The van der Waals surface area contributed by atoms with Crippen LogP contribution in [-0.4, -0.2) is 29.7 Å². The first-order valence-corrected chi connectivity index (χ1v) is 10.2. The van der Waals surface area contributed by atoms with Gasteiger partial charge in [0.05, 0.1) is 0 Å². The summed E-state index contributed by atoms with van der Waals surface area (Å²) in [5, 5.41) is 0. The zero-order chi connectivity index (χ0) is 20.1. The number of rotatable bonds is 6. The van der Waals surface area contributed by atoms with E-state index in [9.17, 15) is 9.59 Å². The lowest BCUT2D eigenvalue weighted by molar-refractivity contribution is -0.127. The molecule has 3 nitrogen and oxygen atoms in total. The second-order valence-electron chi connectivity index (χ2n) is 7.66. The van der Waals surface area contributed by atoms with E-state index in [1.807, 2.05) is 17.0 Å². The topological polar surface area (TPSA) is 37.4 Å². The fourth-order valence-corrected chi connectivity index (χ4v) is 4.10. The number of likely N-dealkylation sites (tertiary alicyclic amines) is 1. The van der Waals surface area contributed by atoms with Crippen LogP contribution in [0.15, 0.2) is 55.1 Å². The number of piperidine rings is 1. The van der Waals surface area contributed by atoms with Crippen LogP contribution in [0.25, 0.3) is 11.1 Å². The summed E-state index contributed by atoms with van der Waals surface area (Å²) < 4.78 is 0. The zero-order valence-electron chi connectivity index (χ0n) is 16.9. The van der Waals surface area contributed by atoms with Crippen molar-refractivity contribution in [2.24, 2.45) is 5.92 Å². The summed E-state index contributed by atoms with van der Waals surface area (Å²) in [6.45, 7) is 8.94. The van der Waals surface area contributed by atoms with Crippen LogP contribution in [0.3, 0.4) is 0 Å². The van der Waals surface area contributed by atoms with E-state index in [-0.39, 0.29) is 11.7 Å². The maximum absolute atomic E-state index is 12.1. The van der Waals surface area contributed by atoms with Crippen molar-refractivity contribution in [3.63, 3.8) is 0 Å². The molecule has 0 radical (unpaired) electrons. The van der Waals surface area contributed by atoms with E-state index in [2.05, 4.69) is 43.8 Å². The number of carbonyl (C=O) groups is 2. The van der Waals surface area contributed by atoms with Crippen LogP contribution in [0.1, 0.15) is 48.2 Å². The van der Waals surface area contributed by atoms with E-state index in [1.54, 1.807) is 6.92 Å². The summed E-state index contributed by atoms with van der Waals surface area (Å²) in [5.74, 6) is 0.657. The number of hydrogen-bond donors (Lipinski definition) is 0. The summed E-state index contributed by atoms with van der Waals surface area (Å²) in [4.78, 5) is 25.8. The van der Waals surface area contributed by atoms with Gasteiger partial charge in [-0.3, -0.25) is 9.59 Å². The van der Waals surface area contributed by atoms with Crippen molar-refractivity contribution in [3.05, 3.63) is 71.8 Å². The fraction of sp³-hybridized carbons (Fsp3) is 0.360. The molecule has 28 heavy (non-hydrogen) atoms. The second kappa shape index (κ2) is 9.01. The first-order valence-electron chi connectivity index (χ1n) is 10.2. The lowest BCUT2D eigenvalue weighted by atomic mass is 9.87. The van der Waals surface area contributed by atoms with Crippen molar-refractivity contribution in [2.45, 2.75) is 39.5 Å². The van der Waals surface area contributed by atoms with Gasteiger partial charge in [0, 0.05) is 18.7 Å². The van der Waals surface area contributed by atoms with E-state index < -0.39 is 0 Å². The highest BCUT2D eigenvalue weighted by molar-refractivity contribution is 5.95. The Labute approximate surface area is 168 Å². The van der Waals surface area contributed by atoms with Crippen LogP contribution in [0, 0.1) is 5.92 Å². The number of amides is 1. The minimum absolute atomic E-state index is 0.0236. The second-order valence-corrected chi connectivity index (χ2v) is 7.66. The minimum Gasteiger partial charge on any atom is -0.339 e. The molecular formula is C25H29NO2. The van der Waals surface area contributed by atoms with Crippen molar-refractivity contribution in [1.29, 1.82) is 0 Å². The summed E-state index contributed by atoms with van der Waals surface area (Å²) in [6, 6.07) is 14.7. The number of benzene rings is 2. The Kier molecular flexibility index (Phi) is 6.45. The van der Waals surface area contributed by atoms with Gasteiger partial charge in [0.1, 0.15) is 0 Å². The van der Waals surface area contributed by atoms with E-state index >= 15 is 0 Å². The Morgan fingerprint density at radius 1 is 1.14 bits per heavy atom. The molecule has 0 N–H and O–H groups in total. The molecule has 2 aromatic rings. The van der Waals surface area contributed by atoms with Crippen LogP contribution in [0.4, 0.5) is 0 Å². The predicted molar refractivity (Wildman–Crippen MR) is 114 cm³/mol. The van der Waals surface area contributed by atoms with Crippen LogP contribution in [0.2, 0.25) is 0 Å². The van der Waals surface area contributed by atoms with Gasteiger partial charge in [-0.05, 0) is 79.0 Å². The van der Waals surface area contributed by atoms with E-state index in [4.69, 9.17) is 0 Å². The van der Waals surface area contributed by atoms with Crippen molar-refractivity contribution in [2.75, 3.05) is 13.1 Å². The van der Waals surface area contributed by atoms with Gasteiger partial charge in [-0.1, -0.05) is 43.8 Å². The molecule has 1 heterocycles. The van der Waals surface area contributed by atoms with Gasteiger partial charge in [0.2, 0.25) is 5.91 Å². The normalized spacial score (nSPS) is 14.7. The molecule has 0 aromatic heterocycles. The molecule has 0 bridgehead atoms. The summed E-state index contributed by atoms with van der Waals surface area (Å²) in [6.07, 6.45) is 5.29. The number of Topliss-reactive ketones (excluding diaryl/α,β-unsaturated/α-hetero) is 1. The van der Waals surface area contributed by atoms with Gasteiger partial charge in [0.15, 0.2) is 5.78 Å². The first-order chi connectivity index (χ1) is 13.5. The molecule has 3 heteroatoms. The van der Waals surface area contributed by atoms with Crippen molar-refractivity contribution >= 4 is 11.7 Å².